The monoisotopic (exact) mass is 158 g/mol. The number of aliphatic hydroxyl groups is 1. The van der Waals surface area contributed by atoms with E-state index in [1.165, 1.54) is 0 Å². The minimum Gasteiger partial charge on any atom is -0.393 e. The van der Waals surface area contributed by atoms with Crippen molar-refractivity contribution in [3.63, 3.8) is 0 Å². The first-order valence-electron chi connectivity index (χ1n) is 4.52. The van der Waals surface area contributed by atoms with E-state index in [1.54, 1.807) is 0 Å². The molecule has 0 aromatic heterocycles. The molecule has 0 aromatic rings. The summed E-state index contributed by atoms with van der Waals surface area (Å²) in [5.74, 6) is 0. The van der Waals surface area contributed by atoms with E-state index in [0.29, 0.717) is 12.2 Å². The standard InChI is InChI=1S/C9H18O2/c1-7(2)11-9-5-3-4-8(10)6-9/h7-10H,3-6H2,1-2H3. The summed E-state index contributed by atoms with van der Waals surface area (Å²) < 4.78 is 5.60. The number of hydrogen-bond donors (Lipinski definition) is 1. The first-order chi connectivity index (χ1) is 5.18. The summed E-state index contributed by atoms with van der Waals surface area (Å²) in [6, 6.07) is 0. The quantitative estimate of drug-likeness (QED) is 0.663. The summed E-state index contributed by atoms with van der Waals surface area (Å²) in [6.07, 6.45) is 4.50. The van der Waals surface area contributed by atoms with Crippen LogP contribution in [0.15, 0.2) is 0 Å². The van der Waals surface area contributed by atoms with Crippen molar-refractivity contribution < 1.29 is 9.84 Å². The molecule has 0 radical (unpaired) electrons. The smallest absolute Gasteiger partial charge is 0.0603 e. The first kappa shape index (κ1) is 9.01. The summed E-state index contributed by atoms with van der Waals surface area (Å²) in [5, 5.41) is 9.31. The molecule has 2 unspecified atom stereocenters. The molecule has 0 bridgehead atoms. The van der Waals surface area contributed by atoms with Gasteiger partial charge < -0.3 is 9.84 Å². The summed E-state index contributed by atoms with van der Waals surface area (Å²) in [7, 11) is 0. The molecule has 1 aliphatic carbocycles. The van der Waals surface area contributed by atoms with E-state index in [2.05, 4.69) is 0 Å². The van der Waals surface area contributed by atoms with Crippen LogP contribution in [0.25, 0.3) is 0 Å². The fourth-order valence-corrected chi connectivity index (χ4v) is 1.63. The van der Waals surface area contributed by atoms with Crippen molar-refractivity contribution in [2.75, 3.05) is 0 Å². The summed E-state index contributed by atoms with van der Waals surface area (Å²) >= 11 is 0. The molecule has 2 atom stereocenters. The third-order valence-corrected chi connectivity index (χ3v) is 2.06. The van der Waals surface area contributed by atoms with Gasteiger partial charge in [-0.2, -0.15) is 0 Å². The van der Waals surface area contributed by atoms with Crippen LogP contribution >= 0.6 is 0 Å². The number of rotatable bonds is 2. The van der Waals surface area contributed by atoms with Crippen LogP contribution in [-0.4, -0.2) is 23.4 Å². The predicted octanol–water partition coefficient (Wildman–Crippen LogP) is 1.71. The van der Waals surface area contributed by atoms with Crippen LogP contribution in [0.3, 0.4) is 0 Å². The minimum atomic E-state index is -0.118. The zero-order chi connectivity index (χ0) is 8.27. The van der Waals surface area contributed by atoms with Crippen LogP contribution < -0.4 is 0 Å². The number of ether oxygens (including phenoxy) is 1. The van der Waals surface area contributed by atoms with Crippen molar-refractivity contribution in [2.45, 2.75) is 57.8 Å². The maximum Gasteiger partial charge on any atom is 0.0603 e. The molecule has 1 rings (SSSR count). The van der Waals surface area contributed by atoms with Gasteiger partial charge >= 0.3 is 0 Å². The summed E-state index contributed by atoms with van der Waals surface area (Å²) in [6.45, 7) is 4.09. The van der Waals surface area contributed by atoms with Crippen LogP contribution in [0.5, 0.6) is 0 Å². The van der Waals surface area contributed by atoms with Gasteiger partial charge in [0, 0.05) is 0 Å². The molecule has 2 nitrogen and oxygen atoms in total. The SMILES string of the molecule is CC(C)OC1CCCC(O)C1. The average molecular weight is 158 g/mol. The lowest BCUT2D eigenvalue weighted by Gasteiger charge is -2.27. The molecular formula is C9H18O2. The van der Waals surface area contributed by atoms with Crippen molar-refractivity contribution in [1.29, 1.82) is 0 Å². The zero-order valence-corrected chi connectivity index (χ0v) is 7.42. The molecule has 1 N–H and O–H groups in total. The fourth-order valence-electron chi connectivity index (χ4n) is 1.63. The molecule has 2 heteroatoms. The van der Waals surface area contributed by atoms with Gasteiger partial charge in [0.2, 0.25) is 0 Å². The van der Waals surface area contributed by atoms with Gasteiger partial charge in [0.05, 0.1) is 18.3 Å². The van der Waals surface area contributed by atoms with Gasteiger partial charge in [-0.25, -0.2) is 0 Å². The van der Waals surface area contributed by atoms with E-state index in [1.807, 2.05) is 13.8 Å². The highest BCUT2D eigenvalue weighted by Gasteiger charge is 2.20. The molecule has 11 heavy (non-hydrogen) atoms. The van der Waals surface area contributed by atoms with Gasteiger partial charge in [-0.3, -0.25) is 0 Å². The largest absolute Gasteiger partial charge is 0.393 e. The summed E-state index contributed by atoms with van der Waals surface area (Å²) in [5.41, 5.74) is 0. The van der Waals surface area contributed by atoms with E-state index < -0.39 is 0 Å². The second-order valence-corrected chi connectivity index (χ2v) is 3.63. The second kappa shape index (κ2) is 4.07. The van der Waals surface area contributed by atoms with Crippen LogP contribution in [0.4, 0.5) is 0 Å². The number of hydrogen-bond acceptors (Lipinski definition) is 2. The maximum absolute atomic E-state index is 9.31. The molecule has 0 saturated heterocycles. The molecular weight excluding hydrogens is 140 g/mol. The van der Waals surface area contributed by atoms with Crippen LogP contribution in [0, 0.1) is 0 Å². The van der Waals surface area contributed by atoms with Crippen molar-refractivity contribution in [3.8, 4) is 0 Å². The van der Waals surface area contributed by atoms with E-state index in [-0.39, 0.29) is 6.10 Å². The highest BCUT2D eigenvalue weighted by atomic mass is 16.5. The van der Waals surface area contributed by atoms with E-state index >= 15 is 0 Å². The van der Waals surface area contributed by atoms with E-state index in [4.69, 9.17) is 4.74 Å². The van der Waals surface area contributed by atoms with E-state index in [9.17, 15) is 5.11 Å². The molecule has 0 heterocycles. The van der Waals surface area contributed by atoms with Crippen molar-refractivity contribution in [2.24, 2.45) is 0 Å². The van der Waals surface area contributed by atoms with Crippen molar-refractivity contribution >= 4 is 0 Å². The maximum atomic E-state index is 9.31. The van der Waals surface area contributed by atoms with Gasteiger partial charge in [0.1, 0.15) is 0 Å². The lowest BCUT2D eigenvalue weighted by molar-refractivity contribution is -0.0429. The molecule has 0 amide bonds. The average Bonchev–Trinajstić information content (AvgIpc) is 1.85. The Kier molecular flexibility index (Phi) is 3.34. The van der Waals surface area contributed by atoms with Crippen LogP contribution in [-0.2, 0) is 4.74 Å². The Bertz CT molecular complexity index is 110. The van der Waals surface area contributed by atoms with Gasteiger partial charge in [-0.05, 0) is 39.5 Å². The summed E-state index contributed by atoms with van der Waals surface area (Å²) in [4.78, 5) is 0. The lowest BCUT2D eigenvalue weighted by atomic mass is 9.95. The van der Waals surface area contributed by atoms with Crippen LogP contribution in [0.1, 0.15) is 39.5 Å². The molecule has 0 spiro atoms. The van der Waals surface area contributed by atoms with Gasteiger partial charge in [-0.1, -0.05) is 0 Å². The molecule has 66 valence electrons. The van der Waals surface area contributed by atoms with Crippen LogP contribution in [0.2, 0.25) is 0 Å². The first-order valence-corrected chi connectivity index (χ1v) is 4.52. The van der Waals surface area contributed by atoms with E-state index in [0.717, 1.165) is 25.7 Å². The van der Waals surface area contributed by atoms with Crippen molar-refractivity contribution in [3.05, 3.63) is 0 Å². The topological polar surface area (TPSA) is 29.5 Å². The highest BCUT2D eigenvalue weighted by Crippen LogP contribution is 2.21. The van der Waals surface area contributed by atoms with Gasteiger partial charge in [0.15, 0.2) is 0 Å². The molecule has 0 aromatic carbocycles. The number of aliphatic hydroxyl groups excluding tert-OH is 1. The predicted molar refractivity (Wildman–Crippen MR) is 44.5 cm³/mol. The second-order valence-electron chi connectivity index (χ2n) is 3.63. The Labute approximate surface area is 68.6 Å². The third-order valence-electron chi connectivity index (χ3n) is 2.06. The zero-order valence-electron chi connectivity index (χ0n) is 7.42. The molecule has 1 aliphatic rings. The Morgan fingerprint density at radius 1 is 1.36 bits per heavy atom. The van der Waals surface area contributed by atoms with Gasteiger partial charge in [-0.15, -0.1) is 0 Å². The minimum absolute atomic E-state index is 0.118. The molecule has 1 fully saturated rings. The fraction of sp³-hybridized carbons (Fsp3) is 1.00. The molecule has 0 aliphatic heterocycles. The Morgan fingerprint density at radius 3 is 2.64 bits per heavy atom. The Hall–Kier alpha value is -0.0800. The third kappa shape index (κ3) is 3.21. The highest BCUT2D eigenvalue weighted by molar-refractivity contribution is 4.72. The lowest BCUT2D eigenvalue weighted by Crippen LogP contribution is -2.28. The Morgan fingerprint density at radius 2 is 2.09 bits per heavy atom. The Balaban J connectivity index is 2.23. The molecule has 1 saturated carbocycles. The van der Waals surface area contributed by atoms with Gasteiger partial charge in [0.25, 0.3) is 0 Å². The normalized spacial score (nSPS) is 32.7. The van der Waals surface area contributed by atoms with Crippen molar-refractivity contribution in [1.82, 2.24) is 0 Å².